The van der Waals surface area contributed by atoms with Gasteiger partial charge in [0.2, 0.25) is 5.89 Å². The van der Waals surface area contributed by atoms with E-state index >= 15 is 0 Å². The summed E-state index contributed by atoms with van der Waals surface area (Å²) in [4.78, 5) is 25.2. The Morgan fingerprint density at radius 3 is 2.06 bits per heavy atom. The van der Waals surface area contributed by atoms with E-state index in [2.05, 4.69) is 15.5 Å². The number of hydrogen-bond donors (Lipinski definition) is 1. The van der Waals surface area contributed by atoms with Crippen LogP contribution in [0, 0.1) is 0 Å². The number of benzene rings is 3. The predicted molar refractivity (Wildman–Crippen MR) is 121 cm³/mol. The third-order valence-corrected chi connectivity index (χ3v) is 5.97. The number of ketones is 1. The van der Waals surface area contributed by atoms with Gasteiger partial charge < -0.3 is 4.42 Å². The van der Waals surface area contributed by atoms with Crippen molar-refractivity contribution in [3.63, 3.8) is 0 Å². The second-order valence-electron chi connectivity index (χ2n) is 7.32. The highest BCUT2D eigenvalue weighted by Crippen LogP contribution is 2.16. The Morgan fingerprint density at radius 1 is 0.818 bits per heavy atom. The molecule has 1 amide bonds. The van der Waals surface area contributed by atoms with Crippen molar-refractivity contribution in [2.24, 2.45) is 0 Å². The lowest BCUT2D eigenvalue weighted by Gasteiger charge is -2.04. The predicted octanol–water partition coefficient (Wildman–Crippen LogP) is 3.55. The van der Waals surface area contributed by atoms with Gasteiger partial charge in [-0.25, -0.2) is 8.42 Å². The molecule has 33 heavy (non-hydrogen) atoms. The molecule has 1 heterocycles. The number of nitrogens with zero attached hydrogens (tertiary/aromatic N) is 2. The first-order valence-corrected chi connectivity index (χ1v) is 11.8. The van der Waals surface area contributed by atoms with Crippen LogP contribution in [-0.2, 0) is 16.3 Å². The van der Waals surface area contributed by atoms with Crippen molar-refractivity contribution in [2.75, 3.05) is 11.6 Å². The highest BCUT2D eigenvalue weighted by molar-refractivity contribution is 7.90. The van der Waals surface area contributed by atoms with E-state index in [0.717, 1.165) is 11.8 Å². The van der Waals surface area contributed by atoms with E-state index in [1.54, 1.807) is 60.7 Å². The average molecular weight is 461 g/mol. The summed E-state index contributed by atoms with van der Waals surface area (Å²) in [5.41, 5.74) is 2.15. The molecule has 3 aromatic carbocycles. The average Bonchev–Trinajstić information content (AvgIpc) is 3.25. The van der Waals surface area contributed by atoms with Crippen LogP contribution in [0.15, 0.2) is 88.2 Å². The zero-order valence-electron chi connectivity index (χ0n) is 17.6. The van der Waals surface area contributed by atoms with Crippen molar-refractivity contribution in [2.45, 2.75) is 11.3 Å². The van der Waals surface area contributed by atoms with Crippen molar-refractivity contribution in [1.82, 2.24) is 10.2 Å². The lowest BCUT2D eigenvalue weighted by molar-refractivity contribution is 0.101. The van der Waals surface area contributed by atoms with Crippen molar-refractivity contribution < 1.29 is 22.4 Å². The molecule has 166 valence electrons. The van der Waals surface area contributed by atoms with Crippen molar-refractivity contribution >= 4 is 27.5 Å². The molecular formula is C24H19N3O5S. The van der Waals surface area contributed by atoms with E-state index in [-0.39, 0.29) is 29.0 Å². The zero-order valence-corrected chi connectivity index (χ0v) is 18.4. The lowest BCUT2D eigenvalue weighted by atomic mass is 10.0. The minimum absolute atomic E-state index is 0.0628. The van der Waals surface area contributed by atoms with Crippen LogP contribution >= 0.6 is 0 Å². The van der Waals surface area contributed by atoms with Crippen LogP contribution in [0.25, 0.3) is 0 Å². The third kappa shape index (κ3) is 5.39. The molecule has 0 atom stereocenters. The quantitative estimate of drug-likeness (QED) is 0.418. The van der Waals surface area contributed by atoms with Crippen molar-refractivity contribution in [3.05, 3.63) is 107 Å². The molecule has 4 aromatic rings. The van der Waals surface area contributed by atoms with Gasteiger partial charge in [-0.2, -0.15) is 0 Å². The summed E-state index contributed by atoms with van der Waals surface area (Å²) in [6.45, 7) is 0. The molecule has 0 bridgehead atoms. The first-order chi connectivity index (χ1) is 15.8. The Labute approximate surface area is 190 Å². The molecular weight excluding hydrogens is 442 g/mol. The molecule has 0 aliphatic rings. The van der Waals surface area contributed by atoms with Crippen LogP contribution < -0.4 is 5.32 Å². The minimum Gasteiger partial charge on any atom is -0.407 e. The maximum atomic E-state index is 12.5. The fourth-order valence-corrected chi connectivity index (χ4v) is 3.73. The van der Waals surface area contributed by atoms with Crippen molar-refractivity contribution in [1.29, 1.82) is 0 Å². The maximum Gasteiger partial charge on any atom is 0.322 e. The second-order valence-corrected chi connectivity index (χ2v) is 9.34. The minimum atomic E-state index is -3.27. The normalized spacial score (nSPS) is 11.2. The number of carbonyl (C=O) groups is 2. The third-order valence-electron chi connectivity index (χ3n) is 4.84. The Morgan fingerprint density at radius 2 is 1.42 bits per heavy atom. The maximum absolute atomic E-state index is 12.5. The Kier molecular flexibility index (Phi) is 6.14. The molecule has 0 saturated carbocycles. The van der Waals surface area contributed by atoms with Gasteiger partial charge in [-0.3, -0.25) is 14.9 Å². The van der Waals surface area contributed by atoms with Gasteiger partial charge in [-0.15, -0.1) is 5.10 Å². The molecule has 0 saturated heterocycles. The van der Waals surface area contributed by atoms with Gasteiger partial charge in [0, 0.05) is 22.9 Å². The molecule has 1 aromatic heterocycles. The van der Waals surface area contributed by atoms with E-state index in [4.69, 9.17) is 4.42 Å². The summed E-state index contributed by atoms with van der Waals surface area (Å²) in [6, 6.07) is 21.4. The van der Waals surface area contributed by atoms with E-state index in [0.29, 0.717) is 16.7 Å². The summed E-state index contributed by atoms with van der Waals surface area (Å²) in [5.74, 6) is -0.323. The highest BCUT2D eigenvalue weighted by atomic mass is 32.2. The highest BCUT2D eigenvalue weighted by Gasteiger charge is 2.14. The molecule has 0 radical (unpaired) electrons. The summed E-state index contributed by atoms with van der Waals surface area (Å²) < 4.78 is 28.6. The monoisotopic (exact) mass is 461 g/mol. The number of sulfone groups is 1. The van der Waals surface area contributed by atoms with Crippen LogP contribution in [0.5, 0.6) is 0 Å². The van der Waals surface area contributed by atoms with Gasteiger partial charge in [-0.1, -0.05) is 59.7 Å². The number of rotatable bonds is 7. The summed E-state index contributed by atoms with van der Waals surface area (Å²) in [7, 11) is -3.27. The molecule has 0 aliphatic carbocycles. The smallest absolute Gasteiger partial charge is 0.322 e. The van der Waals surface area contributed by atoms with Gasteiger partial charge in [-0.05, 0) is 29.8 Å². The summed E-state index contributed by atoms with van der Waals surface area (Å²) in [6.07, 6.45) is 1.42. The molecule has 0 spiro atoms. The molecule has 0 aliphatic heterocycles. The van der Waals surface area contributed by atoms with E-state index in [1.165, 1.54) is 12.1 Å². The standard InChI is InChI=1S/C24H19N3O5S/c1-33(30,31)20-13-7-16(8-14-20)15-21-26-27-24(32-21)25-23(29)19-11-9-18(10-12-19)22(28)17-5-3-2-4-6-17/h2-14H,15H2,1H3,(H,25,27,29). The SMILES string of the molecule is CS(=O)(=O)c1ccc(Cc2nnc(NC(=O)c3ccc(C(=O)c4ccccc4)cc3)o2)cc1. The van der Waals surface area contributed by atoms with Crippen LogP contribution in [0.1, 0.15) is 37.7 Å². The first kappa shape index (κ1) is 22.1. The Hall–Kier alpha value is -4.11. The van der Waals surface area contributed by atoms with E-state index < -0.39 is 15.7 Å². The Bertz CT molecular complexity index is 1390. The van der Waals surface area contributed by atoms with Crippen LogP contribution in [0.3, 0.4) is 0 Å². The fraction of sp³-hybridized carbons (Fsp3) is 0.0833. The second kappa shape index (κ2) is 9.17. The van der Waals surface area contributed by atoms with E-state index in [1.807, 2.05) is 6.07 Å². The number of amides is 1. The van der Waals surface area contributed by atoms with Gasteiger partial charge in [0.15, 0.2) is 15.6 Å². The number of nitrogens with one attached hydrogen (secondary N) is 1. The molecule has 8 nitrogen and oxygen atoms in total. The molecule has 4 rings (SSSR count). The zero-order chi connectivity index (χ0) is 23.4. The van der Waals surface area contributed by atoms with Crippen molar-refractivity contribution in [3.8, 4) is 0 Å². The molecule has 0 unspecified atom stereocenters. The van der Waals surface area contributed by atoms with Gasteiger partial charge in [0.1, 0.15) is 0 Å². The number of hydrogen-bond acceptors (Lipinski definition) is 7. The number of anilines is 1. The summed E-state index contributed by atoms with van der Waals surface area (Å²) in [5, 5.41) is 10.3. The van der Waals surface area contributed by atoms with Gasteiger partial charge in [0.05, 0.1) is 11.3 Å². The fourth-order valence-electron chi connectivity index (χ4n) is 3.10. The molecule has 1 N–H and O–H groups in total. The topological polar surface area (TPSA) is 119 Å². The van der Waals surface area contributed by atoms with E-state index in [9.17, 15) is 18.0 Å². The van der Waals surface area contributed by atoms with Crippen LogP contribution in [-0.4, -0.2) is 36.6 Å². The Balaban J connectivity index is 1.39. The first-order valence-electron chi connectivity index (χ1n) is 9.92. The molecule has 9 heteroatoms. The van der Waals surface area contributed by atoms with Crippen LogP contribution in [0.4, 0.5) is 6.01 Å². The number of aromatic nitrogens is 2. The number of carbonyl (C=O) groups excluding carboxylic acids is 2. The largest absolute Gasteiger partial charge is 0.407 e. The van der Waals surface area contributed by atoms with Gasteiger partial charge >= 0.3 is 6.01 Å². The molecule has 0 fully saturated rings. The van der Waals surface area contributed by atoms with Crippen LogP contribution in [0.2, 0.25) is 0 Å². The lowest BCUT2D eigenvalue weighted by Crippen LogP contribution is -2.12. The summed E-state index contributed by atoms with van der Waals surface area (Å²) >= 11 is 0. The van der Waals surface area contributed by atoms with Gasteiger partial charge in [0.25, 0.3) is 5.91 Å².